The minimum atomic E-state index is -0.523. The van der Waals surface area contributed by atoms with E-state index >= 15 is 0 Å². The Morgan fingerprint density at radius 1 is 0.795 bits per heavy atom. The molecule has 0 aliphatic carbocycles. The van der Waals surface area contributed by atoms with Crippen LogP contribution in [0.25, 0.3) is 11.4 Å². The van der Waals surface area contributed by atoms with Gasteiger partial charge < -0.3 is 35.6 Å². The molecule has 0 spiro atoms. The Morgan fingerprint density at radius 2 is 1.36 bits per heavy atom. The molecule has 0 saturated carbocycles. The molecule has 2 atom stereocenters. The van der Waals surface area contributed by atoms with Crippen LogP contribution in [-0.2, 0) is 9.47 Å². The van der Waals surface area contributed by atoms with Crippen LogP contribution in [0.1, 0.15) is 23.2 Å². The van der Waals surface area contributed by atoms with Gasteiger partial charge in [0.2, 0.25) is 17.8 Å². The van der Waals surface area contributed by atoms with E-state index in [1.807, 2.05) is 12.1 Å². The summed E-state index contributed by atoms with van der Waals surface area (Å²) in [6.45, 7) is 4.25. The van der Waals surface area contributed by atoms with Crippen molar-refractivity contribution in [3.05, 3.63) is 54.1 Å². The molecule has 0 radical (unpaired) electrons. The average molecular weight is 531 g/mol. The van der Waals surface area contributed by atoms with Crippen LogP contribution in [0.3, 0.4) is 0 Å². The first-order chi connectivity index (χ1) is 19.0. The lowest BCUT2D eigenvalue weighted by molar-refractivity contribution is 0.0299. The largest absolute Gasteiger partial charge is 0.378 e. The van der Waals surface area contributed by atoms with Gasteiger partial charge in [0.05, 0.1) is 25.4 Å². The highest BCUT2D eigenvalue weighted by Crippen LogP contribution is 2.30. The molecule has 12 heteroatoms. The maximum atomic E-state index is 12.5. The van der Waals surface area contributed by atoms with E-state index in [9.17, 15) is 9.59 Å². The van der Waals surface area contributed by atoms with Crippen LogP contribution in [0.4, 0.5) is 28.1 Å². The number of benzene rings is 2. The van der Waals surface area contributed by atoms with Crippen molar-refractivity contribution in [1.29, 1.82) is 0 Å². The summed E-state index contributed by atoms with van der Waals surface area (Å²) in [5.41, 5.74) is 7.60. The third-order valence-electron chi connectivity index (χ3n) is 7.06. The number of morpholine rings is 2. The number of urea groups is 1. The molecule has 1 aromatic heterocycles. The van der Waals surface area contributed by atoms with Crippen molar-refractivity contribution in [1.82, 2.24) is 15.0 Å². The number of primary amides is 1. The molecule has 2 unspecified atom stereocenters. The molecule has 3 amide bonds. The van der Waals surface area contributed by atoms with Crippen LogP contribution < -0.4 is 26.2 Å². The number of carbonyl (C=O) groups is 2. The van der Waals surface area contributed by atoms with Crippen molar-refractivity contribution in [3.63, 3.8) is 0 Å². The molecule has 3 fully saturated rings. The smallest absolute Gasteiger partial charge is 0.323 e. The number of amides is 3. The topological polar surface area (TPSA) is 148 Å². The standard InChI is InChI=1S/C27H30N8O4/c28-23(36)17-1-5-19(6-2-17)29-27(37)30-20-7-3-18(4-8-20)24-31-25(34-11-13-38-14-12-34)33-26(32-24)35-15-21-9-10-22(16-35)39-21/h1-8,21-22H,9-16H2,(H2,28,36)(H2,29,30,37). The van der Waals surface area contributed by atoms with Crippen molar-refractivity contribution >= 4 is 35.2 Å². The van der Waals surface area contributed by atoms with Crippen LogP contribution in [0.5, 0.6) is 0 Å². The summed E-state index contributed by atoms with van der Waals surface area (Å²) in [6.07, 6.45) is 2.56. The summed E-state index contributed by atoms with van der Waals surface area (Å²) in [4.78, 5) is 42.5. The second-order valence-electron chi connectivity index (χ2n) is 9.82. The number of nitrogens with one attached hydrogen (secondary N) is 2. The van der Waals surface area contributed by atoms with E-state index < -0.39 is 11.9 Å². The fraction of sp³-hybridized carbons (Fsp3) is 0.370. The number of hydrogen-bond donors (Lipinski definition) is 3. The Balaban J connectivity index is 1.19. The molecule has 4 N–H and O–H groups in total. The minimum Gasteiger partial charge on any atom is -0.378 e. The van der Waals surface area contributed by atoms with Crippen LogP contribution in [-0.4, -0.2) is 78.5 Å². The van der Waals surface area contributed by atoms with E-state index in [4.69, 9.17) is 30.2 Å². The fourth-order valence-corrected chi connectivity index (χ4v) is 5.02. The number of anilines is 4. The normalized spacial score (nSPS) is 20.5. The first-order valence-corrected chi connectivity index (χ1v) is 13.1. The van der Waals surface area contributed by atoms with E-state index in [0.29, 0.717) is 47.9 Å². The second kappa shape index (κ2) is 10.8. The molecule has 3 saturated heterocycles. The first kappa shape index (κ1) is 25.0. The molecule has 3 aliphatic heterocycles. The fourth-order valence-electron chi connectivity index (χ4n) is 5.02. The zero-order valence-electron chi connectivity index (χ0n) is 21.4. The third kappa shape index (κ3) is 5.76. The van der Waals surface area contributed by atoms with E-state index in [1.54, 1.807) is 36.4 Å². The summed E-state index contributed by atoms with van der Waals surface area (Å²) in [7, 11) is 0. The van der Waals surface area contributed by atoms with Gasteiger partial charge in [0.1, 0.15) is 0 Å². The molecule has 2 bridgehead atoms. The zero-order chi connectivity index (χ0) is 26.8. The Hall–Kier alpha value is -4.29. The van der Waals surface area contributed by atoms with E-state index in [0.717, 1.165) is 44.6 Å². The number of carbonyl (C=O) groups excluding carboxylic acids is 2. The molecule has 39 heavy (non-hydrogen) atoms. The number of ether oxygens (including phenoxy) is 2. The molecule has 12 nitrogen and oxygen atoms in total. The first-order valence-electron chi connectivity index (χ1n) is 13.1. The van der Waals surface area contributed by atoms with Crippen molar-refractivity contribution in [2.24, 2.45) is 5.73 Å². The number of nitrogens with zero attached hydrogens (tertiary/aromatic N) is 5. The summed E-state index contributed by atoms with van der Waals surface area (Å²) in [5.74, 6) is 1.35. The predicted octanol–water partition coefficient (Wildman–Crippen LogP) is 2.49. The van der Waals surface area contributed by atoms with Crippen LogP contribution in [0.15, 0.2) is 48.5 Å². The quantitative estimate of drug-likeness (QED) is 0.437. The van der Waals surface area contributed by atoms with Gasteiger partial charge in [-0.15, -0.1) is 0 Å². The molecule has 4 heterocycles. The molecule has 3 aromatic rings. The lowest BCUT2D eigenvalue weighted by Gasteiger charge is -2.33. The number of nitrogens with two attached hydrogens (primary N) is 1. The summed E-state index contributed by atoms with van der Waals surface area (Å²) < 4.78 is 11.5. The van der Waals surface area contributed by atoms with Gasteiger partial charge in [-0.05, 0) is 61.4 Å². The van der Waals surface area contributed by atoms with Gasteiger partial charge in [-0.3, -0.25) is 4.79 Å². The average Bonchev–Trinajstić information content (AvgIpc) is 3.30. The molecule has 3 aliphatic rings. The van der Waals surface area contributed by atoms with Gasteiger partial charge >= 0.3 is 6.03 Å². The Labute approximate surface area is 225 Å². The van der Waals surface area contributed by atoms with Gasteiger partial charge in [-0.25, -0.2) is 4.79 Å². The summed E-state index contributed by atoms with van der Waals surface area (Å²) >= 11 is 0. The maximum absolute atomic E-state index is 12.5. The third-order valence-corrected chi connectivity index (χ3v) is 7.06. The SMILES string of the molecule is NC(=O)c1ccc(NC(=O)Nc2ccc(-c3nc(N4CCOCC4)nc(N4CC5CCC(C4)O5)n3)cc2)cc1. The maximum Gasteiger partial charge on any atom is 0.323 e. The van der Waals surface area contributed by atoms with Crippen molar-refractivity contribution < 1.29 is 19.1 Å². The van der Waals surface area contributed by atoms with E-state index in [-0.39, 0.29) is 12.2 Å². The van der Waals surface area contributed by atoms with Gasteiger partial charge in [0, 0.05) is 48.7 Å². The van der Waals surface area contributed by atoms with Gasteiger partial charge in [0.15, 0.2) is 5.82 Å². The van der Waals surface area contributed by atoms with Gasteiger partial charge in [-0.1, -0.05) is 0 Å². The second-order valence-corrected chi connectivity index (χ2v) is 9.82. The highest BCUT2D eigenvalue weighted by Gasteiger charge is 2.35. The minimum absolute atomic E-state index is 0.216. The predicted molar refractivity (Wildman–Crippen MR) is 146 cm³/mol. The summed E-state index contributed by atoms with van der Waals surface area (Å²) in [6, 6.07) is 13.3. The highest BCUT2D eigenvalue weighted by molar-refractivity contribution is 6.00. The molecule has 6 rings (SSSR count). The highest BCUT2D eigenvalue weighted by atomic mass is 16.5. The number of rotatable bonds is 6. The molecular weight excluding hydrogens is 500 g/mol. The molecule has 202 valence electrons. The van der Waals surface area contributed by atoms with Crippen LogP contribution in [0, 0.1) is 0 Å². The zero-order valence-corrected chi connectivity index (χ0v) is 21.4. The van der Waals surface area contributed by atoms with E-state index in [1.165, 1.54) is 0 Å². The molecule has 2 aromatic carbocycles. The Morgan fingerprint density at radius 3 is 1.95 bits per heavy atom. The van der Waals surface area contributed by atoms with Gasteiger partial charge in [-0.2, -0.15) is 15.0 Å². The van der Waals surface area contributed by atoms with Crippen molar-refractivity contribution in [2.45, 2.75) is 25.0 Å². The summed E-state index contributed by atoms with van der Waals surface area (Å²) in [5, 5.41) is 5.55. The number of fused-ring (bicyclic) bond motifs is 2. The number of aromatic nitrogens is 3. The van der Waals surface area contributed by atoms with Crippen molar-refractivity contribution in [3.8, 4) is 11.4 Å². The monoisotopic (exact) mass is 530 g/mol. The van der Waals surface area contributed by atoms with Gasteiger partial charge in [0.25, 0.3) is 0 Å². The lowest BCUT2D eigenvalue weighted by Crippen LogP contribution is -2.44. The molecular formula is C27H30N8O4. The van der Waals surface area contributed by atoms with E-state index in [2.05, 4.69) is 20.4 Å². The Kier molecular flexibility index (Phi) is 6.95. The van der Waals surface area contributed by atoms with Crippen LogP contribution in [0.2, 0.25) is 0 Å². The van der Waals surface area contributed by atoms with Crippen molar-refractivity contribution in [2.75, 3.05) is 59.8 Å². The number of hydrogen-bond acceptors (Lipinski definition) is 9. The lowest BCUT2D eigenvalue weighted by atomic mass is 10.2. The Bertz CT molecular complexity index is 1330. The van der Waals surface area contributed by atoms with Crippen LogP contribution >= 0.6 is 0 Å².